The van der Waals surface area contributed by atoms with Crippen LogP contribution in [0.5, 0.6) is 0 Å². The van der Waals surface area contributed by atoms with E-state index in [9.17, 15) is 19.2 Å². The van der Waals surface area contributed by atoms with Crippen LogP contribution in [-0.2, 0) is 16.1 Å². The largest absolute Gasteiger partial charge is 0.326 e. The van der Waals surface area contributed by atoms with Gasteiger partial charge in [0, 0.05) is 30.9 Å². The van der Waals surface area contributed by atoms with Gasteiger partial charge in [-0.25, -0.2) is 4.98 Å². The van der Waals surface area contributed by atoms with Gasteiger partial charge in [-0.15, -0.1) is 0 Å². The van der Waals surface area contributed by atoms with Gasteiger partial charge in [0.2, 0.25) is 11.8 Å². The Labute approximate surface area is 202 Å². The molecule has 1 unspecified atom stereocenters. The molecule has 0 spiro atoms. The Kier molecular flexibility index (Phi) is 6.59. The summed E-state index contributed by atoms with van der Waals surface area (Å²) in [6.45, 7) is 5.14. The molecule has 35 heavy (non-hydrogen) atoms. The van der Waals surface area contributed by atoms with Crippen LogP contribution in [0.4, 0.5) is 17.2 Å². The Morgan fingerprint density at radius 1 is 1.03 bits per heavy atom. The third kappa shape index (κ3) is 5.35. The molecule has 1 aliphatic heterocycles. The highest BCUT2D eigenvalue weighted by Gasteiger charge is 2.32. The number of rotatable bonds is 5. The van der Waals surface area contributed by atoms with Gasteiger partial charge in [-0.3, -0.25) is 19.2 Å². The standard InChI is InChI=1S/C26H25N5O4/c1-15-4-11-23(27-13-15)30-25(34)19-7-5-18(6-8-19)14-31-16(2)24(33)29-22-12-20(28-17(3)32)9-10-21(22)26(31)35/h4-13,16H,14H2,1-3H3,(H,28,32)(H,29,33)(H,27,30,34). The lowest BCUT2D eigenvalue weighted by molar-refractivity contribution is -0.120. The number of benzene rings is 2. The number of hydrogen-bond acceptors (Lipinski definition) is 5. The Bertz CT molecular complexity index is 1300. The van der Waals surface area contributed by atoms with Crippen molar-refractivity contribution in [3.05, 3.63) is 83.0 Å². The number of carbonyl (C=O) groups excluding carboxylic acids is 4. The first kappa shape index (κ1) is 23.6. The van der Waals surface area contributed by atoms with Crippen molar-refractivity contribution >= 4 is 40.8 Å². The molecule has 0 aliphatic carbocycles. The molecule has 3 aromatic rings. The third-order valence-corrected chi connectivity index (χ3v) is 5.66. The molecule has 0 radical (unpaired) electrons. The fraction of sp³-hybridized carbons (Fsp3) is 0.192. The molecule has 2 aromatic carbocycles. The number of amides is 4. The minimum absolute atomic E-state index is 0.182. The topological polar surface area (TPSA) is 120 Å². The maximum Gasteiger partial charge on any atom is 0.256 e. The van der Waals surface area contributed by atoms with Crippen LogP contribution in [-0.4, -0.2) is 39.6 Å². The van der Waals surface area contributed by atoms with Crippen LogP contribution in [0.1, 0.15) is 45.7 Å². The van der Waals surface area contributed by atoms with Gasteiger partial charge in [0.05, 0.1) is 11.3 Å². The van der Waals surface area contributed by atoms with Crippen LogP contribution in [0.2, 0.25) is 0 Å². The van der Waals surface area contributed by atoms with Crippen LogP contribution in [0.15, 0.2) is 60.8 Å². The van der Waals surface area contributed by atoms with Gasteiger partial charge in [0.1, 0.15) is 11.9 Å². The molecule has 0 bridgehead atoms. The second-order valence-corrected chi connectivity index (χ2v) is 8.41. The second-order valence-electron chi connectivity index (χ2n) is 8.41. The van der Waals surface area contributed by atoms with Gasteiger partial charge in [-0.1, -0.05) is 18.2 Å². The Morgan fingerprint density at radius 2 is 1.77 bits per heavy atom. The molecule has 178 valence electrons. The summed E-state index contributed by atoms with van der Waals surface area (Å²) < 4.78 is 0. The van der Waals surface area contributed by atoms with E-state index >= 15 is 0 Å². The highest BCUT2D eigenvalue weighted by atomic mass is 16.2. The predicted molar refractivity (Wildman–Crippen MR) is 132 cm³/mol. The van der Waals surface area contributed by atoms with E-state index in [4.69, 9.17) is 0 Å². The molecule has 1 aliphatic rings. The summed E-state index contributed by atoms with van der Waals surface area (Å²) in [4.78, 5) is 55.6. The molecule has 9 heteroatoms. The Balaban J connectivity index is 1.51. The maximum absolute atomic E-state index is 13.3. The average Bonchev–Trinajstić information content (AvgIpc) is 2.90. The molecular weight excluding hydrogens is 446 g/mol. The fourth-order valence-electron chi connectivity index (χ4n) is 3.72. The van der Waals surface area contributed by atoms with E-state index in [0.29, 0.717) is 28.3 Å². The predicted octanol–water partition coefficient (Wildman–Crippen LogP) is 3.58. The van der Waals surface area contributed by atoms with Crippen LogP contribution >= 0.6 is 0 Å². The fourth-order valence-corrected chi connectivity index (χ4v) is 3.72. The van der Waals surface area contributed by atoms with Crippen molar-refractivity contribution in [1.82, 2.24) is 9.88 Å². The number of aryl methyl sites for hydroxylation is 1. The lowest BCUT2D eigenvalue weighted by atomic mass is 10.1. The maximum atomic E-state index is 13.3. The molecule has 1 atom stereocenters. The van der Waals surface area contributed by atoms with Gasteiger partial charge in [0.15, 0.2) is 0 Å². The number of hydrogen-bond donors (Lipinski definition) is 3. The SMILES string of the molecule is CC(=O)Nc1ccc2c(c1)NC(=O)C(C)N(Cc1ccc(C(=O)Nc3ccc(C)cn3)cc1)C2=O. The van der Waals surface area contributed by atoms with Crippen molar-refractivity contribution in [2.45, 2.75) is 33.4 Å². The minimum atomic E-state index is -0.727. The van der Waals surface area contributed by atoms with Gasteiger partial charge in [-0.2, -0.15) is 0 Å². The van der Waals surface area contributed by atoms with E-state index in [1.807, 2.05) is 13.0 Å². The summed E-state index contributed by atoms with van der Waals surface area (Å²) in [5, 5.41) is 8.17. The number of aromatic nitrogens is 1. The van der Waals surface area contributed by atoms with E-state index < -0.39 is 6.04 Å². The molecule has 0 fully saturated rings. The summed E-state index contributed by atoms with van der Waals surface area (Å²) in [7, 11) is 0. The first-order valence-electron chi connectivity index (χ1n) is 11.1. The van der Waals surface area contributed by atoms with Gasteiger partial charge in [0.25, 0.3) is 11.8 Å². The van der Waals surface area contributed by atoms with Crippen LogP contribution in [0.3, 0.4) is 0 Å². The molecule has 0 saturated carbocycles. The van der Waals surface area contributed by atoms with E-state index in [2.05, 4.69) is 20.9 Å². The quantitative estimate of drug-likeness (QED) is 0.525. The number of pyridine rings is 1. The van der Waals surface area contributed by atoms with E-state index in [1.54, 1.807) is 61.7 Å². The lowest BCUT2D eigenvalue weighted by Crippen LogP contribution is -2.42. The monoisotopic (exact) mass is 471 g/mol. The summed E-state index contributed by atoms with van der Waals surface area (Å²) >= 11 is 0. The number of nitrogens with zero attached hydrogens (tertiary/aromatic N) is 2. The van der Waals surface area contributed by atoms with Crippen molar-refractivity contribution in [2.24, 2.45) is 0 Å². The molecule has 1 aromatic heterocycles. The normalized spacial score (nSPS) is 15.1. The van der Waals surface area contributed by atoms with Crippen molar-refractivity contribution in [3.63, 3.8) is 0 Å². The summed E-state index contributed by atoms with van der Waals surface area (Å²) in [5.41, 5.74) is 3.37. The minimum Gasteiger partial charge on any atom is -0.326 e. The zero-order valence-corrected chi connectivity index (χ0v) is 19.6. The average molecular weight is 472 g/mol. The van der Waals surface area contributed by atoms with Crippen LogP contribution in [0, 0.1) is 6.92 Å². The van der Waals surface area contributed by atoms with Crippen molar-refractivity contribution < 1.29 is 19.2 Å². The smallest absolute Gasteiger partial charge is 0.256 e. The zero-order valence-electron chi connectivity index (χ0n) is 19.6. The van der Waals surface area contributed by atoms with E-state index in [-0.39, 0.29) is 30.2 Å². The summed E-state index contributed by atoms with van der Waals surface area (Å²) in [6.07, 6.45) is 1.67. The zero-order chi connectivity index (χ0) is 25.1. The first-order chi connectivity index (χ1) is 16.7. The van der Waals surface area contributed by atoms with Crippen molar-refractivity contribution in [1.29, 1.82) is 0 Å². The van der Waals surface area contributed by atoms with Crippen LogP contribution in [0.25, 0.3) is 0 Å². The third-order valence-electron chi connectivity index (χ3n) is 5.66. The van der Waals surface area contributed by atoms with Gasteiger partial charge >= 0.3 is 0 Å². The van der Waals surface area contributed by atoms with Gasteiger partial charge < -0.3 is 20.9 Å². The molecule has 4 rings (SSSR count). The first-order valence-corrected chi connectivity index (χ1v) is 11.1. The molecule has 0 saturated heterocycles. The van der Waals surface area contributed by atoms with E-state index in [0.717, 1.165) is 11.1 Å². The molecule has 9 nitrogen and oxygen atoms in total. The Morgan fingerprint density at radius 3 is 2.43 bits per heavy atom. The van der Waals surface area contributed by atoms with Crippen LogP contribution < -0.4 is 16.0 Å². The Hall–Kier alpha value is -4.53. The highest BCUT2D eigenvalue weighted by Crippen LogP contribution is 2.27. The van der Waals surface area contributed by atoms with Gasteiger partial charge in [-0.05, 0) is 61.4 Å². The number of fused-ring (bicyclic) bond motifs is 1. The van der Waals surface area contributed by atoms with E-state index in [1.165, 1.54) is 11.8 Å². The molecule has 3 N–H and O–H groups in total. The summed E-state index contributed by atoms with van der Waals surface area (Å²) in [5.74, 6) is -0.736. The molecule has 4 amide bonds. The van der Waals surface area contributed by atoms with Crippen molar-refractivity contribution in [2.75, 3.05) is 16.0 Å². The number of anilines is 3. The lowest BCUT2D eigenvalue weighted by Gasteiger charge is -2.26. The summed E-state index contributed by atoms with van der Waals surface area (Å²) in [6, 6.07) is 14.5. The molecular formula is C26H25N5O4. The number of nitrogens with one attached hydrogen (secondary N) is 3. The second kappa shape index (κ2) is 9.76. The number of carbonyl (C=O) groups is 4. The molecule has 2 heterocycles. The highest BCUT2D eigenvalue weighted by molar-refractivity contribution is 6.10. The van der Waals surface area contributed by atoms with Crippen molar-refractivity contribution in [3.8, 4) is 0 Å².